The van der Waals surface area contributed by atoms with E-state index in [0.717, 1.165) is 34.4 Å². The van der Waals surface area contributed by atoms with Gasteiger partial charge in [0, 0.05) is 4.88 Å². The van der Waals surface area contributed by atoms with Gasteiger partial charge in [-0.1, -0.05) is 11.8 Å². The van der Waals surface area contributed by atoms with Crippen LogP contribution in [0.5, 0.6) is 0 Å². The Kier molecular flexibility index (Phi) is 4.13. The second-order valence-corrected chi connectivity index (χ2v) is 8.48. The van der Waals surface area contributed by atoms with E-state index < -0.39 is 0 Å². The van der Waals surface area contributed by atoms with Crippen LogP contribution in [0.4, 0.5) is 5.82 Å². The smallest absolute Gasteiger partial charge is 0.277 e. The van der Waals surface area contributed by atoms with E-state index in [9.17, 15) is 0 Å². The molecule has 5 rings (SSSR count). The first-order valence-electron chi connectivity index (χ1n) is 8.76. The lowest BCUT2D eigenvalue weighted by Crippen LogP contribution is -2.02. The average Bonchev–Trinajstić information content (AvgIpc) is 3.37. The van der Waals surface area contributed by atoms with Crippen LogP contribution in [-0.4, -0.2) is 20.2 Å². The first-order chi connectivity index (χ1) is 13.2. The van der Waals surface area contributed by atoms with Crippen molar-refractivity contribution >= 4 is 39.1 Å². The third-order valence-electron chi connectivity index (χ3n) is 4.71. The number of thiophene rings is 1. The highest BCUT2D eigenvalue weighted by Crippen LogP contribution is 2.38. The summed E-state index contributed by atoms with van der Waals surface area (Å²) in [4.78, 5) is 11.7. The maximum Gasteiger partial charge on any atom is 0.277 e. The number of anilines is 1. The van der Waals surface area contributed by atoms with E-state index in [1.54, 1.807) is 17.6 Å². The Morgan fingerprint density at radius 2 is 2.11 bits per heavy atom. The van der Waals surface area contributed by atoms with Gasteiger partial charge in [-0.3, -0.25) is 0 Å². The highest BCUT2D eigenvalue weighted by molar-refractivity contribution is 7.98. The van der Waals surface area contributed by atoms with Crippen molar-refractivity contribution in [2.24, 2.45) is 0 Å². The first-order valence-corrected chi connectivity index (χ1v) is 10.6. The van der Waals surface area contributed by atoms with E-state index >= 15 is 0 Å². The molecule has 1 aliphatic carbocycles. The topological polar surface area (TPSA) is 104 Å². The van der Waals surface area contributed by atoms with E-state index in [4.69, 9.17) is 19.6 Å². The van der Waals surface area contributed by atoms with Crippen molar-refractivity contribution in [1.82, 2.24) is 20.2 Å². The zero-order chi connectivity index (χ0) is 18.4. The van der Waals surface area contributed by atoms with Gasteiger partial charge in [-0.05, 0) is 44.2 Å². The van der Waals surface area contributed by atoms with Crippen LogP contribution in [0.25, 0.3) is 21.7 Å². The van der Waals surface area contributed by atoms with Crippen LogP contribution in [0, 0.1) is 6.92 Å². The zero-order valence-electron chi connectivity index (χ0n) is 14.7. The maximum absolute atomic E-state index is 6.26. The lowest BCUT2D eigenvalue weighted by Gasteiger charge is -2.10. The Morgan fingerprint density at radius 1 is 1.22 bits per heavy atom. The number of hydrogen-bond acceptors (Lipinski definition) is 9. The van der Waals surface area contributed by atoms with Crippen LogP contribution in [0.15, 0.2) is 26.4 Å². The van der Waals surface area contributed by atoms with Crippen LogP contribution in [-0.2, 0) is 18.6 Å². The quantitative estimate of drug-likeness (QED) is 0.504. The molecule has 9 heteroatoms. The number of nitrogen functional groups attached to an aromatic ring is 1. The molecule has 0 saturated carbocycles. The minimum absolute atomic E-state index is 0.450. The molecule has 0 aromatic carbocycles. The molecule has 4 aromatic heterocycles. The second-order valence-electron chi connectivity index (χ2n) is 6.47. The van der Waals surface area contributed by atoms with Crippen LogP contribution in [0.1, 0.15) is 34.9 Å². The van der Waals surface area contributed by atoms with Gasteiger partial charge in [0.1, 0.15) is 22.2 Å². The summed E-state index contributed by atoms with van der Waals surface area (Å²) in [6.45, 7) is 1.86. The maximum atomic E-state index is 6.26. The Morgan fingerprint density at radius 3 is 2.96 bits per heavy atom. The molecule has 0 spiro atoms. The summed E-state index contributed by atoms with van der Waals surface area (Å²) in [5.41, 5.74) is 8.43. The molecule has 0 radical (unpaired) electrons. The lowest BCUT2D eigenvalue weighted by molar-refractivity contribution is 0.463. The van der Waals surface area contributed by atoms with E-state index in [0.29, 0.717) is 28.5 Å². The minimum atomic E-state index is 0.450. The van der Waals surface area contributed by atoms with Gasteiger partial charge in [-0.25, -0.2) is 9.97 Å². The van der Waals surface area contributed by atoms with Gasteiger partial charge >= 0.3 is 0 Å². The van der Waals surface area contributed by atoms with Gasteiger partial charge in [-0.15, -0.1) is 21.5 Å². The molecule has 0 atom stereocenters. The highest BCUT2D eigenvalue weighted by atomic mass is 32.2. The molecule has 4 aromatic rings. The molecular formula is C18H17N5O2S2. The van der Waals surface area contributed by atoms with E-state index in [1.807, 2.05) is 13.0 Å². The number of nitrogens with two attached hydrogens (primary N) is 1. The Bertz CT molecular complexity index is 1130. The second kappa shape index (κ2) is 6.65. The first kappa shape index (κ1) is 16.8. The van der Waals surface area contributed by atoms with Crippen LogP contribution in [0.3, 0.4) is 0 Å². The normalized spacial score (nSPS) is 14.0. The lowest BCUT2D eigenvalue weighted by atomic mass is 9.97. The van der Waals surface area contributed by atoms with Gasteiger partial charge in [0.2, 0.25) is 0 Å². The Labute approximate surface area is 163 Å². The summed E-state index contributed by atoms with van der Waals surface area (Å²) < 4.78 is 11.0. The average molecular weight is 400 g/mol. The number of nitrogens with zero attached hydrogens (tertiary/aromatic N) is 4. The summed E-state index contributed by atoms with van der Waals surface area (Å²) in [6, 6.07) is 1.81. The molecule has 7 nitrogen and oxygen atoms in total. The van der Waals surface area contributed by atoms with Gasteiger partial charge in [0.25, 0.3) is 11.1 Å². The van der Waals surface area contributed by atoms with Crippen molar-refractivity contribution < 1.29 is 8.83 Å². The number of rotatable bonds is 4. The molecule has 1 aliphatic rings. The van der Waals surface area contributed by atoms with Crippen LogP contribution < -0.4 is 5.73 Å². The van der Waals surface area contributed by atoms with Crippen LogP contribution in [0.2, 0.25) is 0 Å². The van der Waals surface area contributed by atoms with Crippen LogP contribution >= 0.6 is 23.1 Å². The predicted octanol–water partition coefficient (Wildman–Crippen LogP) is 4.40. The van der Waals surface area contributed by atoms with Crippen molar-refractivity contribution in [1.29, 1.82) is 0 Å². The zero-order valence-corrected chi connectivity index (χ0v) is 16.3. The van der Waals surface area contributed by atoms with Crippen molar-refractivity contribution in [3.8, 4) is 11.5 Å². The minimum Gasteiger partial charge on any atom is -0.469 e. The number of furan rings is 1. The summed E-state index contributed by atoms with van der Waals surface area (Å²) >= 11 is 3.15. The van der Waals surface area contributed by atoms with E-state index in [-0.39, 0.29) is 0 Å². The molecule has 0 saturated heterocycles. The molecule has 4 heterocycles. The molecule has 27 heavy (non-hydrogen) atoms. The molecule has 0 unspecified atom stereocenters. The third kappa shape index (κ3) is 3.00. The summed E-state index contributed by atoms with van der Waals surface area (Å²) in [7, 11) is 0. The van der Waals surface area contributed by atoms with Crippen molar-refractivity contribution in [2.45, 2.75) is 43.6 Å². The molecule has 138 valence electrons. The number of aromatic nitrogens is 4. The van der Waals surface area contributed by atoms with Gasteiger partial charge in [0.05, 0.1) is 23.0 Å². The van der Waals surface area contributed by atoms with E-state index in [1.165, 1.54) is 35.0 Å². The third-order valence-corrected chi connectivity index (χ3v) is 6.71. The van der Waals surface area contributed by atoms with Crippen molar-refractivity contribution in [3.05, 3.63) is 34.4 Å². The highest BCUT2D eigenvalue weighted by Gasteiger charge is 2.20. The van der Waals surface area contributed by atoms with E-state index in [2.05, 4.69) is 15.2 Å². The molecule has 0 amide bonds. The number of thioether (sulfide) groups is 1. The number of fused-ring (bicyclic) bond motifs is 3. The molecule has 0 fully saturated rings. The SMILES string of the molecule is Cc1occc1-c1nnc(SCc2nc(N)c3c4c(sc3n2)CCCC4)o1. The Balaban J connectivity index is 1.38. The predicted molar refractivity (Wildman–Crippen MR) is 105 cm³/mol. The largest absolute Gasteiger partial charge is 0.469 e. The fourth-order valence-corrected chi connectivity index (χ4v) is 5.31. The van der Waals surface area contributed by atoms with Crippen molar-refractivity contribution in [2.75, 3.05) is 5.73 Å². The summed E-state index contributed by atoms with van der Waals surface area (Å²) in [5, 5.41) is 9.69. The molecule has 0 aliphatic heterocycles. The van der Waals surface area contributed by atoms with Gasteiger partial charge < -0.3 is 14.6 Å². The monoisotopic (exact) mass is 399 g/mol. The Hall–Kier alpha value is -2.39. The number of aryl methyl sites for hydroxylation is 3. The molecular weight excluding hydrogens is 382 g/mol. The molecule has 0 bridgehead atoms. The summed E-state index contributed by atoms with van der Waals surface area (Å²) in [5.74, 6) is 2.98. The standard InChI is InChI=1S/C18H17N5O2S2/c1-9-10(6-7-24-9)16-22-23-18(25-16)26-8-13-20-15(19)14-11-4-2-3-5-12(11)27-17(14)21-13/h6-7H,2-5,8H2,1H3,(H2,19,20,21). The number of hydrogen-bond donors (Lipinski definition) is 1. The fraction of sp³-hybridized carbons (Fsp3) is 0.333. The summed E-state index contributed by atoms with van der Waals surface area (Å²) in [6.07, 6.45) is 6.26. The van der Waals surface area contributed by atoms with Gasteiger partial charge in [0.15, 0.2) is 0 Å². The van der Waals surface area contributed by atoms with Gasteiger partial charge in [-0.2, -0.15) is 0 Å². The molecule has 2 N–H and O–H groups in total. The fourth-order valence-electron chi connectivity index (χ4n) is 3.41. The van der Waals surface area contributed by atoms with Crippen molar-refractivity contribution in [3.63, 3.8) is 0 Å².